The van der Waals surface area contributed by atoms with Crippen molar-refractivity contribution in [3.63, 3.8) is 0 Å². The molecule has 1 fully saturated rings. The summed E-state index contributed by atoms with van der Waals surface area (Å²) in [5, 5.41) is 2.91. The smallest absolute Gasteiger partial charge is 0.347 e. The number of piperidine rings is 1. The quantitative estimate of drug-likeness (QED) is 0.609. The summed E-state index contributed by atoms with van der Waals surface area (Å²) in [4.78, 5) is 38.7. The van der Waals surface area contributed by atoms with Crippen LogP contribution in [0.4, 0.5) is 5.69 Å². The van der Waals surface area contributed by atoms with Gasteiger partial charge in [-0.05, 0) is 37.8 Å². The van der Waals surface area contributed by atoms with E-state index in [0.29, 0.717) is 12.2 Å². The fraction of sp³-hybridized carbons (Fsp3) is 0.450. The minimum absolute atomic E-state index is 0.0630. The average Bonchev–Trinajstić information content (AvgIpc) is 3.06. The lowest BCUT2D eigenvalue weighted by Crippen LogP contribution is -2.45. The highest BCUT2D eigenvalue weighted by Gasteiger charge is 2.33. The number of hydrogen-bond acceptors (Lipinski definition) is 6. The van der Waals surface area contributed by atoms with Crippen molar-refractivity contribution in [2.24, 2.45) is 0 Å². The van der Waals surface area contributed by atoms with Crippen molar-refractivity contribution in [3.05, 3.63) is 41.8 Å². The number of nitrogens with one attached hydrogen (secondary N) is 1. The first kappa shape index (κ1) is 18.9. The molecule has 0 saturated carbocycles. The second-order valence-corrected chi connectivity index (χ2v) is 6.63. The third-order valence-corrected chi connectivity index (χ3v) is 4.83. The van der Waals surface area contributed by atoms with Gasteiger partial charge in [-0.1, -0.05) is 25.1 Å². The maximum Gasteiger partial charge on any atom is 0.347 e. The van der Waals surface area contributed by atoms with Crippen molar-refractivity contribution >= 4 is 23.3 Å². The highest BCUT2D eigenvalue weighted by molar-refractivity contribution is 6.20. The number of carbonyl (C=O) groups is 3. The van der Waals surface area contributed by atoms with Crippen molar-refractivity contribution in [2.45, 2.75) is 38.6 Å². The van der Waals surface area contributed by atoms with Crippen LogP contribution in [0.3, 0.4) is 0 Å². The first-order valence-electron chi connectivity index (χ1n) is 9.29. The summed E-state index contributed by atoms with van der Waals surface area (Å²) in [5.74, 6) is -1.46. The van der Waals surface area contributed by atoms with Crippen molar-refractivity contribution in [1.29, 1.82) is 0 Å². The Balaban J connectivity index is 1.64. The standard InChI is InChI=1S/C20H24N2O5/c1-2-15-10-6-7-11-22(15)17(24)13-27-20(25)18-16(23)12-26-19(18)21-14-8-4-3-5-9-14/h3-5,8-9,15,21H,2,6-7,10-13H2,1H3/t15-/m0/s1. The minimum atomic E-state index is -0.839. The molecule has 7 nitrogen and oxygen atoms in total. The number of para-hydroxylation sites is 1. The summed E-state index contributed by atoms with van der Waals surface area (Å²) in [7, 11) is 0. The average molecular weight is 372 g/mol. The van der Waals surface area contributed by atoms with Gasteiger partial charge in [-0.25, -0.2) is 4.79 Å². The Bertz CT molecular complexity index is 744. The van der Waals surface area contributed by atoms with Gasteiger partial charge in [-0.15, -0.1) is 0 Å². The molecule has 2 aliphatic heterocycles. The lowest BCUT2D eigenvalue weighted by molar-refractivity contribution is -0.151. The maximum absolute atomic E-state index is 12.4. The van der Waals surface area contributed by atoms with Gasteiger partial charge in [0.1, 0.15) is 0 Å². The second-order valence-electron chi connectivity index (χ2n) is 6.63. The zero-order chi connectivity index (χ0) is 19.2. The number of ether oxygens (including phenoxy) is 2. The largest absolute Gasteiger partial charge is 0.470 e. The Kier molecular flexibility index (Phi) is 6.11. The van der Waals surface area contributed by atoms with Gasteiger partial charge in [0.2, 0.25) is 11.7 Å². The lowest BCUT2D eigenvalue weighted by atomic mass is 10.00. The molecule has 0 aliphatic carbocycles. The number of benzene rings is 1. The van der Waals surface area contributed by atoms with E-state index < -0.39 is 11.8 Å². The predicted octanol–water partition coefficient (Wildman–Crippen LogP) is 2.24. The van der Waals surface area contributed by atoms with Gasteiger partial charge in [-0.2, -0.15) is 0 Å². The van der Waals surface area contributed by atoms with Gasteiger partial charge >= 0.3 is 5.97 Å². The Labute approximate surface area is 158 Å². The molecule has 0 spiro atoms. The Hall–Kier alpha value is -2.83. The molecule has 1 aromatic rings. The van der Waals surface area contributed by atoms with Crippen molar-refractivity contribution in [2.75, 3.05) is 25.1 Å². The number of amides is 1. The molecule has 7 heteroatoms. The minimum Gasteiger partial charge on any atom is -0.470 e. The number of carbonyl (C=O) groups excluding carboxylic acids is 3. The van der Waals surface area contributed by atoms with Gasteiger partial charge in [0.25, 0.3) is 5.91 Å². The molecule has 27 heavy (non-hydrogen) atoms. The van der Waals surface area contributed by atoms with Crippen molar-refractivity contribution in [3.8, 4) is 0 Å². The molecular weight excluding hydrogens is 348 g/mol. The Morgan fingerprint density at radius 2 is 2.04 bits per heavy atom. The van der Waals surface area contributed by atoms with Crippen LogP contribution < -0.4 is 5.32 Å². The Morgan fingerprint density at radius 3 is 2.78 bits per heavy atom. The first-order chi connectivity index (χ1) is 13.1. The van der Waals surface area contributed by atoms with E-state index in [0.717, 1.165) is 25.7 Å². The normalized spacial score (nSPS) is 19.7. The van der Waals surface area contributed by atoms with E-state index in [-0.39, 0.29) is 36.6 Å². The highest BCUT2D eigenvalue weighted by Crippen LogP contribution is 2.22. The summed E-state index contributed by atoms with van der Waals surface area (Å²) < 4.78 is 10.4. The van der Waals surface area contributed by atoms with Crippen LogP contribution in [-0.2, 0) is 23.9 Å². The summed E-state index contributed by atoms with van der Waals surface area (Å²) in [6.45, 7) is 2.13. The molecular formula is C20H24N2O5. The SMILES string of the molecule is CC[C@H]1CCCCN1C(=O)COC(=O)C1=C(Nc2ccccc2)OCC1=O. The molecule has 0 aromatic heterocycles. The first-order valence-corrected chi connectivity index (χ1v) is 9.29. The fourth-order valence-corrected chi connectivity index (χ4v) is 3.40. The predicted molar refractivity (Wildman–Crippen MR) is 98.7 cm³/mol. The molecule has 144 valence electrons. The van der Waals surface area contributed by atoms with E-state index in [4.69, 9.17) is 9.47 Å². The van der Waals surface area contributed by atoms with Crippen LogP contribution in [0.25, 0.3) is 0 Å². The Morgan fingerprint density at radius 1 is 1.26 bits per heavy atom. The molecule has 0 bridgehead atoms. The molecule has 2 heterocycles. The maximum atomic E-state index is 12.4. The molecule has 3 rings (SSSR count). The highest BCUT2D eigenvalue weighted by atomic mass is 16.5. The number of likely N-dealkylation sites (tertiary alicyclic amines) is 1. The number of rotatable bonds is 6. The zero-order valence-corrected chi connectivity index (χ0v) is 15.4. The molecule has 1 N–H and O–H groups in total. The lowest BCUT2D eigenvalue weighted by Gasteiger charge is -2.35. The van der Waals surface area contributed by atoms with Crippen LogP contribution in [0, 0.1) is 0 Å². The number of Topliss-reactive ketones (excluding diaryl/α,β-unsaturated/α-hetero) is 1. The topological polar surface area (TPSA) is 84.9 Å². The van der Waals surface area contributed by atoms with Crippen molar-refractivity contribution in [1.82, 2.24) is 4.90 Å². The number of hydrogen-bond donors (Lipinski definition) is 1. The zero-order valence-electron chi connectivity index (χ0n) is 15.4. The monoisotopic (exact) mass is 372 g/mol. The number of nitrogens with zero attached hydrogens (tertiary/aromatic N) is 1. The number of anilines is 1. The number of ketones is 1. The molecule has 0 unspecified atom stereocenters. The van der Waals surface area contributed by atoms with Crippen LogP contribution in [-0.4, -0.2) is 48.4 Å². The molecule has 2 aliphatic rings. The van der Waals surface area contributed by atoms with Gasteiger partial charge in [-0.3, -0.25) is 9.59 Å². The molecule has 1 aromatic carbocycles. The van der Waals surface area contributed by atoms with Gasteiger partial charge < -0.3 is 19.7 Å². The third kappa shape index (κ3) is 4.48. The van der Waals surface area contributed by atoms with Crippen LogP contribution >= 0.6 is 0 Å². The second kappa shape index (κ2) is 8.70. The third-order valence-electron chi connectivity index (χ3n) is 4.83. The van der Waals surface area contributed by atoms with Crippen molar-refractivity contribution < 1.29 is 23.9 Å². The van der Waals surface area contributed by atoms with E-state index in [9.17, 15) is 14.4 Å². The van der Waals surface area contributed by atoms with Crippen LogP contribution in [0.15, 0.2) is 41.8 Å². The van der Waals surface area contributed by atoms with E-state index in [2.05, 4.69) is 5.32 Å². The van der Waals surface area contributed by atoms with Crippen LogP contribution in [0.1, 0.15) is 32.6 Å². The van der Waals surface area contributed by atoms with Gasteiger partial charge in [0.05, 0.1) is 0 Å². The van der Waals surface area contributed by atoms with Crippen LogP contribution in [0.5, 0.6) is 0 Å². The van der Waals surface area contributed by atoms with E-state index >= 15 is 0 Å². The summed E-state index contributed by atoms with van der Waals surface area (Å²) in [5.41, 5.74) is 0.500. The molecule has 1 amide bonds. The van der Waals surface area contributed by atoms with E-state index in [1.165, 1.54) is 0 Å². The summed E-state index contributed by atoms with van der Waals surface area (Å²) >= 11 is 0. The molecule has 1 saturated heterocycles. The summed E-state index contributed by atoms with van der Waals surface area (Å²) in [6, 6.07) is 9.25. The molecule has 0 radical (unpaired) electrons. The van der Waals surface area contributed by atoms with Gasteiger partial charge in [0.15, 0.2) is 18.8 Å². The van der Waals surface area contributed by atoms with Gasteiger partial charge in [0, 0.05) is 18.3 Å². The molecule has 1 atom stereocenters. The van der Waals surface area contributed by atoms with Crippen LogP contribution in [0.2, 0.25) is 0 Å². The van der Waals surface area contributed by atoms with E-state index in [1.54, 1.807) is 17.0 Å². The fourth-order valence-electron chi connectivity index (χ4n) is 3.40. The number of esters is 1. The summed E-state index contributed by atoms with van der Waals surface area (Å²) in [6.07, 6.45) is 3.91. The van der Waals surface area contributed by atoms with E-state index in [1.807, 2.05) is 25.1 Å².